The summed E-state index contributed by atoms with van der Waals surface area (Å²) in [6, 6.07) is 14.2. The molecule has 0 spiro atoms. The molecule has 2 N–H and O–H groups in total. The van der Waals surface area contributed by atoms with Crippen LogP contribution >= 0.6 is 15.9 Å². The first-order valence-corrected chi connectivity index (χ1v) is 8.22. The number of methoxy groups -OCH3 is 1. The first-order chi connectivity index (χ1) is 10.6. The van der Waals surface area contributed by atoms with Gasteiger partial charge in [-0.2, -0.15) is 0 Å². The lowest BCUT2D eigenvalue weighted by molar-refractivity contribution is 0.284. The van der Waals surface area contributed by atoms with Gasteiger partial charge in [0.15, 0.2) is 11.5 Å². The van der Waals surface area contributed by atoms with Crippen molar-refractivity contribution >= 4 is 15.9 Å². The fourth-order valence-corrected chi connectivity index (χ4v) is 2.65. The zero-order valence-electron chi connectivity index (χ0n) is 13.0. The minimum absolute atomic E-state index is 0.145. The summed E-state index contributed by atoms with van der Waals surface area (Å²) in [5.74, 6) is 1.46. The van der Waals surface area contributed by atoms with E-state index < -0.39 is 0 Å². The molecule has 118 valence electrons. The molecular weight excluding hydrogens is 342 g/mol. The minimum Gasteiger partial charge on any atom is -0.493 e. The van der Waals surface area contributed by atoms with Crippen molar-refractivity contribution in [2.24, 2.45) is 5.73 Å². The predicted molar refractivity (Wildman–Crippen MR) is 93.4 cm³/mol. The van der Waals surface area contributed by atoms with Crippen molar-refractivity contribution in [2.75, 3.05) is 7.11 Å². The molecule has 0 heterocycles. The molecule has 0 radical (unpaired) electrons. The highest BCUT2D eigenvalue weighted by Gasteiger charge is 2.12. The molecule has 2 rings (SSSR count). The Kier molecular flexibility index (Phi) is 6.28. The average molecular weight is 364 g/mol. The van der Waals surface area contributed by atoms with Gasteiger partial charge in [0.25, 0.3) is 0 Å². The number of ether oxygens (including phenoxy) is 2. The summed E-state index contributed by atoms with van der Waals surface area (Å²) in [6.45, 7) is 2.60. The van der Waals surface area contributed by atoms with Crippen molar-refractivity contribution < 1.29 is 9.47 Å². The van der Waals surface area contributed by atoms with Gasteiger partial charge >= 0.3 is 0 Å². The smallest absolute Gasteiger partial charge is 0.162 e. The lowest BCUT2D eigenvalue weighted by Gasteiger charge is -2.16. The van der Waals surface area contributed by atoms with Gasteiger partial charge in [-0.3, -0.25) is 0 Å². The second-order valence-electron chi connectivity index (χ2n) is 5.24. The fraction of sp³-hybridized carbons (Fsp3) is 0.333. The number of rotatable bonds is 7. The Balaban J connectivity index is 2.19. The first kappa shape index (κ1) is 16.8. The first-order valence-electron chi connectivity index (χ1n) is 7.42. The van der Waals surface area contributed by atoms with Crippen LogP contribution in [0.2, 0.25) is 0 Å². The van der Waals surface area contributed by atoms with Gasteiger partial charge in [-0.25, -0.2) is 0 Å². The van der Waals surface area contributed by atoms with Crippen LogP contribution in [0, 0.1) is 0 Å². The third kappa shape index (κ3) is 4.49. The Bertz CT molecular complexity index is 602. The van der Waals surface area contributed by atoms with Crippen LogP contribution in [0.1, 0.15) is 24.5 Å². The van der Waals surface area contributed by atoms with E-state index in [4.69, 9.17) is 15.2 Å². The van der Waals surface area contributed by atoms with Gasteiger partial charge in [0.05, 0.1) is 7.11 Å². The average Bonchev–Trinajstić information content (AvgIpc) is 2.55. The summed E-state index contributed by atoms with van der Waals surface area (Å²) in [6.07, 6.45) is 1.75. The Morgan fingerprint density at radius 2 is 1.86 bits per heavy atom. The van der Waals surface area contributed by atoms with Crippen molar-refractivity contribution in [3.05, 3.63) is 58.1 Å². The van der Waals surface area contributed by atoms with Crippen LogP contribution in [-0.4, -0.2) is 13.2 Å². The number of hydrogen-bond acceptors (Lipinski definition) is 3. The molecule has 0 bridgehead atoms. The van der Waals surface area contributed by atoms with E-state index >= 15 is 0 Å². The monoisotopic (exact) mass is 363 g/mol. The van der Waals surface area contributed by atoms with E-state index in [9.17, 15) is 0 Å². The maximum Gasteiger partial charge on any atom is 0.162 e. The molecule has 0 aliphatic heterocycles. The van der Waals surface area contributed by atoms with Crippen LogP contribution in [0.4, 0.5) is 0 Å². The topological polar surface area (TPSA) is 44.5 Å². The lowest BCUT2D eigenvalue weighted by Crippen LogP contribution is -2.21. The maximum atomic E-state index is 6.07. The van der Waals surface area contributed by atoms with Crippen molar-refractivity contribution in [2.45, 2.75) is 32.4 Å². The Morgan fingerprint density at radius 1 is 1.14 bits per heavy atom. The Hall–Kier alpha value is -1.52. The van der Waals surface area contributed by atoms with Gasteiger partial charge in [-0.1, -0.05) is 53.2 Å². The van der Waals surface area contributed by atoms with Gasteiger partial charge in [0.1, 0.15) is 6.61 Å². The van der Waals surface area contributed by atoms with Crippen molar-refractivity contribution in [3.8, 4) is 11.5 Å². The van der Waals surface area contributed by atoms with Crippen LogP contribution in [0.15, 0.2) is 46.9 Å². The quantitative estimate of drug-likeness (QED) is 0.796. The van der Waals surface area contributed by atoms with Gasteiger partial charge in [-0.15, -0.1) is 0 Å². The van der Waals surface area contributed by atoms with Gasteiger partial charge in [0.2, 0.25) is 0 Å². The van der Waals surface area contributed by atoms with Crippen LogP contribution in [0.25, 0.3) is 0 Å². The number of nitrogens with two attached hydrogens (primary N) is 1. The molecule has 3 nitrogen and oxygen atoms in total. The molecule has 0 saturated carbocycles. The zero-order valence-corrected chi connectivity index (χ0v) is 14.6. The molecule has 0 aliphatic carbocycles. The van der Waals surface area contributed by atoms with E-state index in [1.807, 2.05) is 42.5 Å². The standard InChI is InChI=1S/C18H22BrNO2/c1-3-15(20)9-14-10-18(17(21-2)11-16(14)19)22-12-13-7-5-4-6-8-13/h4-8,10-11,15H,3,9,12,20H2,1-2H3. The molecule has 0 amide bonds. The fourth-order valence-electron chi connectivity index (χ4n) is 2.17. The summed E-state index contributed by atoms with van der Waals surface area (Å²) in [4.78, 5) is 0. The van der Waals surface area contributed by atoms with Crippen LogP contribution in [-0.2, 0) is 13.0 Å². The highest BCUT2D eigenvalue weighted by atomic mass is 79.9. The van der Waals surface area contributed by atoms with Gasteiger partial charge in [0, 0.05) is 10.5 Å². The predicted octanol–water partition coefficient (Wildman–Crippen LogP) is 4.32. The molecule has 1 atom stereocenters. The van der Waals surface area contributed by atoms with E-state index in [0.717, 1.165) is 39.9 Å². The summed E-state index contributed by atoms with van der Waals surface area (Å²) >= 11 is 3.58. The van der Waals surface area contributed by atoms with Crippen molar-refractivity contribution in [1.29, 1.82) is 0 Å². The van der Waals surface area contributed by atoms with Gasteiger partial charge in [-0.05, 0) is 36.1 Å². The molecule has 2 aromatic carbocycles. The molecule has 0 aliphatic rings. The molecule has 4 heteroatoms. The highest BCUT2D eigenvalue weighted by molar-refractivity contribution is 9.10. The Morgan fingerprint density at radius 3 is 2.50 bits per heavy atom. The summed E-state index contributed by atoms with van der Waals surface area (Å²) in [7, 11) is 1.65. The molecule has 0 saturated heterocycles. The van der Waals surface area contributed by atoms with Crippen molar-refractivity contribution in [1.82, 2.24) is 0 Å². The van der Waals surface area contributed by atoms with Crippen LogP contribution < -0.4 is 15.2 Å². The Labute approximate surface area is 140 Å². The lowest BCUT2D eigenvalue weighted by atomic mass is 10.0. The number of benzene rings is 2. The summed E-state index contributed by atoms with van der Waals surface area (Å²) < 4.78 is 12.4. The summed E-state index contributed by atoms with van der Waals surface area (Å²) in [5.41, 5.74) is 8.33. The van der Waals surface area contributed by atoms with E-state index in [1.165, 1.54) is 0 Å². The molecule has 1 unspecified atom stereocenters. The number of hydrogen-bond donors (Lipinski definition) is 1. The zero-order chi connectivity index (χ0) is 15.9. The molecule has 2 aromatic rings. The second kappa shape index (κ2) is 8.20. The van der Waals surface area contributed by atoms with E-state index in [2.05, 4.69) is 22.9 Å². The SMILES string of the molecule is CCC(N)Cc1cc(OCc2ccccc2)c(OC)cc1Br. The molecule has 22 heavy (non-hydrogen) atoms. The molecule has 0 aromatic heterocycles. The minimum atomic E-state index is 0.145. The number of halogens is 1. The maximum absolute atomic E-state index is 6.07. The van der Waals surface area contributed by atoms with Crippen molar-refractivity contribution in [3.63, 3.8) is 0 Å². The summed E-state index contributed by atoms with van der Waals surface area (Å²) in [5, 5.41) is 0. The van der Waals surface area contributed by atoms with E-state index in [-0.39, 0.29) is 6.04 Å². The van der Waals surface area contributed by atoms with E-state index in [0.29, 0.717) is 6.61 Å². The molecular formula is C18H22BrNO2. The molecule has 0 fully saturated rings. The third-order valence-electron chi connectivity index (χ3n) is 3.58. The highest BCUT2D eigenvalue weighted by Crippen LogP contribution is 2.34. The second-order valence-corrected chi connectivity index (χ2v) is 6.10. The van der Waals surface area contributed by atoms with Crippen LogP contribution in [0.3, 0.4) is 0 Å². The van der Waals surface area contributed by atoms with Crippen LogP contribution in [0.5, 0.6) is 11.5 Å². The normalized spacial score (nSPS) is 12.0. The largest absolute Gasteiger partial charge is 0.493 e. The third-order valence-corrected chi connectivity index (χ3v) is 4.31. The van der Waals surface area contributed by atoms with Gasteiger partial charge < -0.3 is 15.2 Å². The van der Waals surface area contributed by atoms with E-state index in [1.54, 1.807) is 7.11 Å².